The van der Waals surface area contributed by atoms with Crippen molar-refractivity contribution in [2.24, 2.45) is 5.41 Å². The lowest BCUT2D eigenvalue weighted by Gasteiger charge is -2.36. The Labute approximate surface area is 127 Å². The Kier molecular flexibility index (Phi) is 6.03. The highest BCUT2D eigenvalue weighted by Crippen LogP contribution is 2.35. The van der Waals surface area contributed by atoms with Gasteiger partial charge in [-0.2, -0.15) is 0 Å². The maximum absolute atomic E-state index is 10.2. The predicted molar refractivity (Wildman–Crippen MR) is 83.4 cm³/mol. The fourth-order valence-corrected chi connectivity index (χ4v) is 3.13. The third-order valence-corrected chi connectivity index (χ3v) is 4.57. The van der Waals surface area contributed by atoms with Gasteiger partial charge in [-0.3, -0.25) is 0 Å². The van der Waals surface area contributed by atoms with Gasteiger partial charge in [0.2, 0.25) is 0 Å². The van der Waals surface area contributed by atoms with Gasteiger partial charge in [0.1, 0.15) is 5.75 Å². The average molecular weight is 293 g/mol. The van der Waals surface area contributed by atoms with Gasteiger partial charge < -0.3 is 20.3 Å². The van der Waals surface area contributed by atoms with E-state index in [1.54, 1.807) is 7.11 Å². The van der Waals surface area contributed by atoms with Gasteiger partial charge in [0.15, 0.2) is 0 Å². The molecule has 1 fully saturated rings. The van der Waals surface area contributed by atoms with Crippen molar-refractivity contribution >= 4 is 0 Å². The number of methoxy groups -OCH3 is 1. The Morgan fingerprint density at radius 1 is 1.29 bits per heavy atom. The van der Waals surface area contributed by atoms with Crippen molar-refractivity contribution in [1.82, 2.24) is 5.32 Å². The van der Waals surface area contributed by atoms with Gasteiger partial charge >= 0.3 is 0 Å². The van der Waals surface area contributed by atoms with E-state index < -0.39 is 6.10 Å². The van der Waals surface area contributed by atoms with Gasteiger partial charge in [0.05, 0.1) is 13.2 Å². The summed E-state index contributed by atoms with van der Waals surface area (Å²) in [4.78, 5) is 0. The van der Waals surface area contributed by atoms with E-state index >= 15 is 0 Å². The predicted octanol–water partition coefficient (Wildman–Crippen LogP) is 2.26. The summed E-state index contributed by atoms with van der Waals surface area (Å²) in [5, 5.41) is 23.3. The molecule has 0 amide bonds. The molecule has 1 aliphatic carbocycles. The van der Waals surface area contributed by atoms with E-state index in [4.69, 9.17) is 4.74 Å². The minimum atomic E-state index is -0.556. The summed E-state index contributed by atoms with van der Waals surface area (Å²) in [6.07, 6.45) is 5.26. The summed E-state index contributed by atoms with van der Waals surface area (Å²) < 4.78 is 5.17. The molecule has 21 heavy (non-hydrogen) atoms. The molecule has 0 aliphatic heterocycles. The number of benzene rings is 1. The second-order valence-electron chi connectivity index (χ2n) is 6.14. The Morgan fingerprint density at radius 2 is 2.05 bits per heavy atom. The molecular formula is C17H27NO3. The average Bonchev–Trinajstić information content (AvgIpc) is 2.55. The minimum absolute atomic E-state index is 0.00630. The number of nitrogens with one attached hydrogen (secondary N) is 1. The van der Waals surface area contributed by atoms with Gasteiger partial charge in [0.25, 0.3) is 0 Å². The smallest absolute Gasteiger partial charge is 0.119 e. The lowest BCUT2D eigenvalue weighted by Crippen LogP contribution is -2.40. The third kappa shape index (κ3) is 4.43. The number of ether oxygens (including phenoxy) is 1. The van der Waals surface area contributed by atoms with Crippen LogP contribution in [0.4, 0.5) is 0 Å². The lowest BCUT2D eigenvalue weighted by atomic mass is 9.74. The number of rotatable bonds is 7. The highest BCUT2D eigenvalue weighted by Gasteiger charge is 2.31. The van der Waals surface area contributed by atoms with Gasteiger partial charge in [-0.05, 0) is 30.5 Å². The Bertz CT molecular complexity index is 430. The maximum Gasteiger partial charge on any atom is 0.119 e. The summed E-state index contributed by atoms with van der Waals surface area (Å²) in [6.45, 7) is 1.49. The molecule has 0 heterocycles. The number of hydrogen-bond acceptors (Lipinski definition) is 4. The van der Waals surface area contributed by atoms with E-state index in [1.807, 2.05) is 24.3 Å². The molecule has 3 N–H and O–H groups in total. The van der Waals surface area contributed by atoms with Gasteiger partial charge in [-0.15, -0.1) is 0 Å². The number of aliphatic hydroxyl groups is 2. The molecule has 2 rings (SSSR count). The first kappa shape index (κ1) is 16.3. The topological polar surface area (TPSA) is 61.7 Å². The van der Waals surface area contributed by atoms with Crippen LogP contribution in [-0.4, -0.2) is 37.0 Å². The zero-order valence-electron chi connectivity index (χ0n) is 12.8. The molecule has 0 bridgehead atoms. The summed E-state index contributed by atoms with van der Waals surface area (Å²) in [5.74, 6) is 0.755. The van der Waals surface area contributed by atoms with Gasteiger partial charge in [-0.25, -0.2) is 0 Å². The molecule has 1 aliphatic rings. The molecule has 0 spiro atoms. The highest BCUT2D eigenvalue weighted by atomic mass is 16.5. The molecule has 4 heteroatoms. The zero-order chi connectivity index (χ0) is 15.1. The molecule has 1 atom stereocenters. The zero-order valence-corrected chi connectivity index (χ0v) is 12.8. The van der Waals surface area contributed by atoms with Crippen molar-refractivity contribution in [1.29, 1.82) is 0 Å². The highest BCUT2D eigenvalue weighted by molar-refractivity contribution is 5.29. The van der Waals surface area contributed by atoms with Crippen LogP contribution in [0.15, 0.2) is 24.3 Å². The van der Waals surface area contributed by atoms with Crippen LogP contribution in [-0.2, 0) is 0 Å². The first-order chi connectivity index (χ1) is 10.2. The number of aliphatic hydroxyl groups excluding tert-OH is 2. The number of hydrogen-bond donors (Lipinski definition) is 3. The van der Waals surface area contributed by atoms with Crippen LogP contribution in [0, 0.1) is 5.41 Å². The van der Waals surface area contributed by atoms with Crippen LogP contribution in [0.3, 0.4) is 0 Å². The maximum atomic E-state index is 10.2. The van der Waals surface area contributed by atoms with Crippen molar-refractivity contribution in [3.05, 3.63) is 29.8 Å². The Morgan fingerprint density at radius 3 is 2.71 bits per heavy atom. The molecule has 1 aromatic rings. The minimum Gasteiger partial charge on any atom is -0.497 e. The van der Waals surface area contributed by atoms with E-state index in [-0.39, 0.29) is 12.0 Å². The molecule has 1 unspecified atom stereocenters. The lowest BCUT2D eigenvalue weighted by molar-refractivity contribution is 0.0757. The van der Waals surface area contributed by atoms with E-state index in [0.29, 0.717) is 6.54 Å². The Hall–Kier alpha value is -1.10. The van der Waals surface area contributed by atoms with Crippen LogP contribution < -0.4 is 10.1 Å². The fourth-order valence-electron chi connectivity index (χ4n) is 3.13. The third-order valence-electron chi connectivity index (χ3n) is 4.57. The summed E-state index contributed by atoms with van der Waals surface area (Å²) >= 11 is 0. The van der Waals surface area contributed by atoms with Crippen molar-refractivity contribution in [2.75, 3.05) is 26.8 Å². The second kappa shape index (κ2) is 7.78. The SMILES string of the molecule is COc1cccc(C(O)CNCC2(CO)CCCCC2)c1. The molecule has 0 aromatic heterocycles. The quantitative estimate of drug-likeness (QED) is 0.721. The van der Waals surface area contributed by atoms with Crippen LogP contribution >= 0.6 is 0 Å². The molecule has 1 aromatic carbocycles. The van der Waals surface area contributed by atoms with Crippen LogP contribution in [0.25, 0.3) is 0 Å². The molecule has 4 nitrogen and oxygen atoms in total. The second-order valence-corrected chi connectivity index (χ2v) is 6.14. The van der Waals surface area contributed by atoms with E-state index in [1.165, 1.54) is 19.3 Å². The fraction of sp³-hybridized carbons (Fsp3) is 0.647. The molecular weight excluding hydrogens is 266 g/mol. The first-order valence-electron chi connectivity index (χ1n) is 7.83. The van der Waals surface area contributed by atoms with Gasteiger partial charge in [0, 0.05) is 25.1 Å². The normalized spacial score (nSPS) is 19.2. The van der Waals surface area contributed by atoms with Crippen molar-refractivity contribution in [2.45, 2.75) is 38.2 Å². The summed E-state index contributed by atoms with van der Waals surface area (Å²) in [7, 11) is 1.62. The first-order valence-corrected chi connectivity index (χ1v) is 7.83. The van der Waals surface area contributed by atoms with Gasteiger partial charge in [-0.1, -0.05) is 31.4 Å². The van der Waals surface area contributed by atoms with E-state index in [2.05, 4.69) is 5.32 Å². The summed E-state index contributed by atoms with van der Waals surface area (Å²) in [5.41, 5.74) is 0.857. The van der Waals surface area contributed by atoms with Crippen LogP contribution in [0.1, 0.15) is 43.8 Å². The monoisotopic (exact) mass is 293 g/mol. The van der Waals surface area contributed by atoms with Crippen molar-refractivity contribution < 1.29 is 14.9 Å². The van der Waals surface area contributed by atoms with Crippen molar-refractivity contribution in [3.8, 4) is 5.75 Å². The largest absolute Gasteiger partial charge is 0.497 e. The van der Waals surface area contributed by atoms with Crippen molar-refractivity contribution in [3.63, 3.8) is 0 Å². The Balaban J connectivity index is 1.84. The van der Waals surface area contributed by atoms with E-state index in [0.717, 1.165) is 30.7 Å². The molecule has 1 saturated carbocycles. The summed E-state index contributed by atoms with van der Waals surface area (Å²) in [6, 6.07) is 7.51. The van der Waals surface area contributed by atoms with E-state index in [9.17, 15) is 10.2 Å². The van der Waals surface area contributed by atoms with Crippen LogP contribution in [0.5, 0.6) is 5.75 Å². The molecule has 118 valence electrons. The molecule has 0 saturated heterocycles. The standard InChI is InChI=1S/C17H27NO3/c1-21-15-7-5-6-14(10-15)16(20)11-18-12-17(13-19)8-3-2-4-9-17/h5-7,10,16,18-20H,2-4,8-9,11-13H2,1H3. The molecule has 0 radical (unpaired) electrons. The van der Waals surface area contributed by atoms with Crippen LogP contribution in [0.2, 0.25) is 0 Å².